The number of hydrogen-bond acceptors (Lipinski definition) is 16. The molecule has 1 aliphatic heterocycles. The van der Waals surface area contributed by atoms with Crippen molar-refractivity contribution in [3.63, 3.8) is 0 Å². The van der Waals surface area contributed by atoms with Crippen LogP contribution in [0.25, 0.3) is 11.4 Å². The van der Waals surface area contributed by atoms with Crippen LogP contribution in [0.5, 0.6) is 0 Å². The van der Waals surface area contributed by atoms with Crippen molar-refractivity contribution in [2.75, 3.05) is 11.5 Å². The Balaban J connectivity index is 1.23. The smallest absolute Gasteiger partial charge is 0.195 e. The number of aromatic nitrogens is 8. The molecule has 0 spiro atoms. The number of unbranched alkanes of at least 4 members (excludes halogenated alkanes) is 2. The molecule has 2 atom stereocenters. The molecule has 20 nitrogen and oxygen atoms in total. The van der Waals surface area contributed by atoms with Gasteiger partial charge in [-0.15, -0.1) is 20.5 Å². The number of aliphatic hydroxyl groups excluding tert-OH is 1. The third kappa shape index (κ3) is 8.66. The summed E-state index contributed by atoms with van der Waals surface area (Å²) in [7, 11) is 0. The van der Waals surface area contributed by atoms with Gasteiger partial charge in [0.05, 0.1) is 43.9 Å². The molecule has 7 rings (SSSR count). The number of benzene rings is 2. The molecule has 6 aromatic rings. The number of halogens is 4. The normalized spacial score (nSPS) is 16.8. The Morgan fingerprint density at radius 2 is 1.07 bits per heavy atom. The number of aryl methyl sites for hydroxylation is 2. The second-order valence-electron chi connectivity index (χ2n) is 13.5. The predicted molar refractivity (Wildman–Crippen MR) is 229 cm³/mol. The van der Waals surface area contributed by atoms with E-state index in [0.29, 0.717) is 35.6 Å². The molecule has 24 heteroatoms. The van der Waals surface area contributed by atoms with Gasteiger partial charge in [0.25, 0.3) is 0 Å². The second-order valence-corrected chi connectivity index (χ2v) is 15.1. The molecule has 1 saturated heterocycles. The van der Waals surface area contributed by atoms with Crippen molar-refractivity contribution in [2.24, 2.45) is 20.5 Å². The van der Waals surface area contributed by atoms with E-state index < -0.39 is 18.9 Å². The Morgan fingerprint density at radius 3 is 1.43 bits per heavy atom. The first-order chi connectivity index (χ1) is 29.5. The molecular weight excluding hydrogens is 868 g/mol. The predicted octanol–water partition coefficient (Wildman–Crippen LogP) is 8.16. The van der Waals surface area contributed by atoms with Crippen molar-refractivity contribution in [1.82, 2.24) is 55.1 Å². The fourth-order valence-corrected chi connectivity index (χ4v) is 7.54. The lowest BCUT2D eigenvalue weighted by Crippen LogP contribution is -2.62. The molecule has 0 saturated carbocycles. The van der Waals surface area contributed by atoms with Gasteiger partial charge in [0.1, 0.15) is 34.6 Å². The number of nitrogens with two attached hydrogens (primary N) is 2. The van der Waals surface area contributed by atoms with Crippen LogP contribution in [0, 0.1) is 22.7 Å². The number of para-hydroxylation sites is 2. The molecule has 1 aliphatic rings. The summed E-state index contributed by atoms with van der Waals surface area (Å²) in [6, 6.07) is 14.1. The van der Waals surface area contributed by atoms with E-state index in [4.69, 9.17) is 68.1 Å². The molecular formula is C37H37Cl4N19O. The van der Waals surface area contributed by atoms with Crippen molar-refractivity contribution < 1.29 is 5.11 Å². The van der Waals surface area contributed by atoms with Crippen LogP contribution in [-0.4, -0.2) is 50.6 Å². The number of nitrogens with one attached hydrogen (secondary N) is 3. The van der Waals surface area contributed by atoms with Crippen LogP contribution in [0.3, 0.4) is 0 Å². The minimum Gasteiger partial charge on any atom is -0.382 e. The average Bonchev–Trinajstić information content (AvgIpc) is 4.00. The van der Waals surface area contributed by atoms with E-state index in [1.165, 1.54) is 31.1 Å². The Hall–Kier alpha value is -5.94. The Labute approximate surface area is 368 Å². The maximum atomic E-state index is 11.1. The minimum atomic E-state index is -1.32. The molecule has 1 fully saturated rings. The highest BCUT2D eigenvalue weighted by Gasteiger charge is 2.33. The van der Waals surface area contributed by atoms with Gasteiger partial charge in [-0.3, -0.25) is 0 Å². The molecule has 2 aromatic carbocycles. The van der Waals surface area contributed by atoms with E-state index in [-0.39, 0.29) is 65.9 Å². The largest absolute Gasteiger partial charge is 0.382 e. The zero-order valence-electron chi connectivity index (χ0n) is 32.5. The Kier molecular flexibility index (Phi) is 13.3. The van der Waals surface area contributed by atoms with Crippen molar-refractivity contribution in [2.45, 2.75) is 71.3 Å². The number of nitriles is 2. The molecule has 5 heterocycles. The van der Waals surface area contributed by atoms with Gasteiger partial charge in [0.2, 0.25) is 0 Å². The first-order valence-corrected chi connectivity index (χ1v) is 20.4. The van der Waals surface area contributed by atoms with Gasteiger partial charge in [-0.25, -0.2) is 34.7 Å². The van der Waals surface area contributed by atoms with Crippen LogP contribution in [0.1, 0.15) is 74.6 Å². The minimum absolute atomic E-state index is 0.0710. The fourth-order valence-electron chi connectivity index (χ4n) is 6.43. The van der Waals surface area contributed by atoms with Crippen LogP contribution < -0.4 is 27.4 Å². The molecule has 61 heavy (non-hydrogen) atoms. The number of nitrogens with zero attached hydrogens (tertiary/aromatic N) is 14. The SMILES string of the molecule is CCCCc1nn(C2NC(O)NC(n3nc(CCCC)c(N=Nc4c(C#N)cnn4-c4c(Cl)cccc4Cl)c3N)N2)c(N)c1N=Nc1c(C#N)cnn1-c1c(Cl)cccc1Cl. The number of azo groups is 2. The molecule has 0 radical (unpaired) electrons. The third-order valence-electron chi connectivity index (χ3n) is 9.47. The van der Waals surface area contributed by atoms with E-state index in [0.717, 1.165) is 25.7 Å². The zero-order chi connectivity index (χ0) is 43.4. The maximum absolute atomic E-state index is 11.1. The van der Waals surface area contributed by atoms with Crippen molar-refractivity contribution >= 4 is 81.0 Å². The summed E-state index contributed by atoms with van der Waals surface area (Å²) in [4.78, 5) is 0. The maximum Gasteiger partial charge on any atom is 0.195 e. The quantitative estimate of drug-likeness (QED) is 0.0565. The summed E-state index contributed by atoms with van der Waals surface area (Å²) in [5.74, 6) is 0.314. The lowest BCUT2D eigenvalue weighted by Gasteiger charge is -2.36. The standard InChI is InChI=1S/C37H37Cl4N19O/c1-3-5-13-25-27(51-53-33-19(15-42)17-46-57(33)29-21(38)9-7-10-22(29)39)31(44)59(55-25)35-48-36(50-37(61)49-35)60-32(45)28(26(56-60)14-6-4-2)52-54-34-20(16-43)18-47-58(34)30-23(40)11-8-12-24(30)41/h7-12,17-18,35-37,48-50,61H,3-6,13-14,44-45H2,1-2H3. The van der Waals surface area contributed by atoms with Gasteiger partial charge < -0.3 is 16.6 Å². The molecule has 0 amide bonds. The van der Waals surface area contributed by atoms with Gasteiger partial charge in [-0.05, 0) is 49.9 Å². The van der Waals surface area contributed by atoms with E-state index in [1.54, 1.807) is 36.4 Å². The summed E-state index contributed by atoms with van der Waals surface area (Å²) in [6.45, 7) is 4.07. The third-order valence-corrected chi connectivity index (χ3v) is 10.7. The summed E-state index contributed by atoms with van der Waals surface area (Å²) in [5, 5.41) is 77.3. The Bertz CT molecular complexity index is 2500. The van der Waals surface area contributed by atoms with E-state index in [1.807, 2.05) is 13.8 Å². The number of anilines is 2. The van der Waals surface area contributed by atoms with Crippen LogP contribution in [0.4, 0.5) is 34.6 Å². The molecule has 314 valence electrons. The first kappa shape index (κ1) is 43.2. The van der Waals surface area contributed by atoms with Crippen molar-refractivity contribution in [3.8, 4) is 23.5 Å². The Morgan fingerprint density at radius 1 is 0.672 bits per heavy atom. The van der Waals surface area contributed by atoms with Gasteiger partial charge in [-0.2, -0.15) is 30.9 Å². The van der Waals surface area contributed by atoms with Crippen LogP contribution in [0.15, 0.2) is 69.2 Å². The number of aliphatic hydroxyl groups is 1. The topological polar surface area (TPSA) is 277 Å². The number of hydrogen-bond donors (Lipinski definition) is 6. The highest BCUT2D eigenvalue weighted by molar-refractivity contribution is 6.38. The molecule has 0 bridgehead atoms. The zero-order valence-corrected chi connectivity index (χ0v) is 35.5. The van der Waals surface area contributed by atoms with Crippen molar-refractivity contribution in [1.29, 1.82) is 10.5 Å². The molecule has 4 aromatic heterocycles. The molecule has 8 N–H and O–H groups in total. The van der Waals surface area contributed by atoms with Crippen molar-refractivity contribution in [3.05, 3.63) is 91.4 Å². The van der Waals surface area contributed by atoms with Gasteiger partial charge >= 0.3 is 0 Å². The highest BCUT2D eigenvalue weighted by atomic mass is 35.5. The van der Waals surface area contributed by atoms with Gasteiger partial charge in [-0.1, -0.05) is 85.2 Å². The van der Waals surface area contributed by atoms with Gasteiger partial charge in [0, 0.05) is 0 Å². The number of nitrogen functional groups attached to an aromatic ring is 2. The summed E-state index contributed by atoms with van der Waals surface area (Å²) in [6.07, 6.45) is 3.59. The summed E-state index contributed by atoms with van der Waals surface area (Å²) in [5.41, 5.74) is 15.9. The lowest BCUT2D eigenvalue weighted by atomic mass is 10.2. The highest BCUT2D eigenvalue weighted by Crippen LogP contribution is 2.38. The van der Waals surface area contributed by atoms with E-state index >= 15 is 0 Å². The van der Waals surface area contributed by atoms with Crippen LogP contribution in [-0.2, 0) is 12.8 Å². The van der Waals surface area contributed by atoms with E-state index in [2.05, 4.69) is 58.7 Å². The average molecular weight is 906 g/mol. The van der Waals surface area contributed by atoms with Gasteiger partial charge in [0.15, 0.2) is 53.6 Å². The molecule has 2 unspecified atom stereocenters. The van der Waals surface area contributed by atoms with E-state index in [9.17, 15) is 15.6 Å². The first-order valence-electron chi connectivity index (χ1n) is 18.9. The monoisotopic (exact) mass is 903 g/mol. The molecule has 0 aliphatic carbocycles. The lowest BCUT2D eigenvalue weighted by molar-refractivity contribution is -0.0163. The summed E-state index contributed by atoms with van der Waals surface area (Å²) >= 11 is 25.9. The second kappa shape index (κ2) is 18.8. The van der Waals surface area contributed by atoms with Crippen LogP contribution in [0.2, 0.25) is 20.1 Å². The number of rotatable bonds is 14. The van der Waals surface area contributed by atoms with Crippen LogP contribution >= 0.6 is 46.4 Å². The fraction of sp³-hybridized carbons (Fsp3) is 0.297. The summed E-state index contributed by atoms with van der Waals surface area (Å²) < 4.78 is 5.51.